The molecule has 0 fully saturated rings. The Morgan fingerprint density at radius 2 is 1.82 bits per heavy atom. The van der Waals surface area contributed by atoms with E-state index in [9.17, 15) is 13.2 Å². The highest BCUT2D eigenvalue weighted by molar-refractivity contribution is 5.56. The van der Waals surface area contributed by atoms with E-state index in [1.165, 1.54) is 12.1 Å². The fourth-order valence-electron chi connectivity index (χ4n) is 2.20. The summed E-state index contributed by atoms with van der Waals surface area (Å²) in [6, 6.07) is 12.6. The summed E-state index contributed by atoms with van der Waals surface area (Å²) in [7, 11) is 0. The molecule has 2 N–H and O–H groups in total. The number of hydrogen-bond acceptors (Lipinski definition) is 2. The molecular weight excluding hydrogens is 289 g/mol. The highest BCUT2D eigenvalue weighted by Crippen LogP contribution is 2.30. The van der Waals surface area contributed by atoms with E-state index in [-0.39, 0.29) is 0 Å². The molecule has 2 rings (SSSR count). The lowest BCUT2D eigenvalue weighted by Gasteiger charge is -2.24. The van der Waals surface area contributed by atoms with E-state index in [2.05, 4.69) is 6.58 Å². The normalized spacial score (nSPS) is 11.2. The van der Waals surface area contributed by atoms with Crippen LogP contribution in [0, 0.1) is 0 Å². The van der Waals surface area contributed by atoms with Gasteiger partial charge in [-0.1, -0.05) is 24.3 Å². The van der Waals surface area contributed by atoms with Crippen molar-refractivity contribution in [2.45, 2.75) is 12.7 Å². The third-order valence-electron chi connectivity index (χ3n) is 3.21. The number of rotatable bonds is 5. The van der Waals surface area contributed by atoms with Gasteiger partial charge in [0.25, 0.3) is 0 Å². The Bertz CT molecular complexity index is 650. The van der Waals surface area contributed by atoms with Crippen molar-refractivity contribution in [3.05, 3.63) is 72.3 Å². The van der Waals surface area contributed by atoms with E-state index in [4.69, 9.17) is 5.73 Å². The van der Waals surface area contributed by atoms with Crippen LogP contribution in [0.4, 0.5) is 24.5 Å². The first-order valence-corrected chi connectivity index (χ1v) is 6.77. The van der Waals surface area contributed by atoms with Crippen molar-refractivity contribution < 1.29 is 13.2 Å². The molecule has 0 saturated carbocycles. The molecule has 116 valence electrons. The second kappa shape index (κ2) is 6.56. The van der Waals surface area contributed by atoms with Crippen LogP contribution >= 0.6 is 0 Å². The predicted molar refractivity (Wildman–Crippen MR) is 83.5 cm³/mol. The number of halogens is 3. The van der Waals surface area contributed by atoms with Gasteiger partial charge in [0.05, 0.1) is 5.56 Å². The van der Waals surface area contributed by atoms with Crippen molar-refractivity contribution >= 4 is 11.4 Å². The predicted octanol–water partition coefficient (Wildman–Crippen LogP) is 4.48. The molecule has 0 radical (unpaired) electrons. The molecule has 2 aromatic rings. The van der Waals surface area contributed by atoms with Gasteiger partial charge in [-0.3, -0.25) is 0 Å². The lowest BCUT2D eigenvalue weighted by Crippen LogP contribution is -2.23. The number of alkyl halides is 3. The molecular formula is C17H17F3N2. The Hall–Kier alpha value is -2.43. The molecule has 0 atom stereocenters. The molecule has 0 saturated heterocycles. The number of nitrogen functional groups attached to an aromatic ring is 1. The first-order valence-electron chi connectivity index (χ1n) is 6.77. The average Bonchev–Trinajstić information content (AvgIpc) is 2.46. The van der Waals surface area contributed by atoms with Crippen molar-refractivity contribution in [1.82, 2.24) is 0 Å². The average molecular weight is 306 g/mol. The van der Waals surface area contributed by atoms with Crippen LogP contribution in [0.2, 0.25) is 0 Å². The Balaban J connectivity index is 2.27. The summed E-state index contributed by atoms with van der Waals surface area (Å²) in [6.07, 6.45) is -2.63. The summed E-state index contributed by atoms with van der Waals surface area (Å²) >= 11 is 0. The van der Waals surface area contributed by atoms with Crippen LogP contribution in [-0.2, 0) is 12.7 Å². The van der Waals surface area contributed by atoms with Crippen molar-refractivity contribution in [2.75, 3.05) is 17.2 Å². The lowest BCUT2D eigenvalue weighted by molar-refractivity contribution is -0.137. The fraction of sp³-hybridized carbons (Fsp3) is 0.176. The zero-order valence-corrected chi connectivity index (χ0v) is 12.0. The summed E-state index contributed by atoms with van der Waals surface area (Å²) in [5, 5.41) is 0. The maximum Gasteiger partial charge on any atom is 0.416 e. The highest BCUT2D eigenvalue weighted by Gasteiger charge is 2.30. The van der Waals surface area contributed by atoms with Gasteiger partial charge in [0, 0.05) is 24.5 Å². The number of anilines is 2. The minimum absolute atomic E-state index is 0.347. The molecule has 22 heavy (non-hydrogen) atoms. The molecule has 2 nitrogen and oxygen atoms in total. The Morgan fingerprint density at radius 3 is 2.45 bits per heavy atom. The summed E-state index contributed by atoms with van der Waals surface area (Å²) in [5.74, 6) is 0. The van der Waals surface area contributed by atoms with Crippen molar-refractivity contribution in [3.63, 3.8) is 0 Å². The molecule has 0 spiro atoms. The minimum atomic E-state index is -4.34. The second-order valence-electron chi connectivity index (χ2n) is 4.96. The van der Waals surface area contributed by atoms with Gasteiger partial charge in [-0.15, -0.1) is 6.58 Å². The molecule has 2 aromatic carbocycles. The first-order chi connectivity index (χ1) is 10.4. The third-order valence-corrected chi connectivity index (χ3v) is 3.21. The van der Waals surface area contributed by atoms with E-state index in [0.717, 1.165) is 11.8 Å². The van der Waals surface area contributed by atoms with E-state index in [0.29, 0.717) is 24.3 Å². The van der Waals surface area contributed by atoms with Gasteiger partial charge in [-0.05, 0) is 35.9 Å². The number of nitrogens with zero attached hydrogens (tertiary/aromatic N) is 1. The molecule has 0 bridgehead atoms. The smallest absolute Gasteiger partial charge is 0.399 e. The fourth-order valence-corrected chi connectivity index (χ4v) is 2.20. The second-order valence-corrected chi connectivity index (χ2v) is 4.96. The number of hydrogen-bond donors (Lipinski definition) is 1. The highest BCUT2D eigenvalue weighted by atomic mass is 19.4. The molecule has 0 aliphatic rings. The molecule has 5 heteroatoms. The van der Waals surface area contributed by atoms with Crippen LogP contribution < -0.4 is 10.6 Å². The first kappa shape index (κ1) is 15.9. The quantitative estimate of drug-likeness (QED) is 0.652. The number of benzene rings is 2. The Labute approximate surface area is 127 Å². The summed E-state index contributed by atoms with van der Waals surface area (Å²) in [6.45, 7) is 4.55. The molecule has 0 unspecified atom stereocenters. The Morgan fingerprint density at radius 1 is 1.09 bits per heavy atom. The van der Waals surface area contributed by atoms with Gasteiger partial charge >= 0.3 is 6.18 Å². The zero-order valence-electron chi connectivity index (χ0n) is 12.0. The molecule has 0 aromatic heterocycles. The van der Waals surface area contributed by atoms with Gasteiger partial charge in [-0.25, -0.2) is 0 Å². The van der Waals surface area contributed by atoms with Crippen LogP contribution in [0.15, 0.2) is 61.2 Å². The number of nitrogens with two attached hydrogens (primary N) is 1. The molecule has 0 heterocycles. The van der Waals surface area contributed by atoms with Gasteiger partial charge in [0.2, 0.25) is 0 Å². The maximum absolute atomic E-state index is 12.8. The molecule has 0 aliphatic heterocycles. The van der Waals surface area contributed by atoms with Crippen molar-refractivity contribution in [3.8, 4) is 0 Å². The van der Waals surface area contributed by atoms with E-state index >= 15 is 0 Å². The van der Waals surface area contributed by atoms with Gasteiger partial charge < -0.3 is 10.6 Å². The minimum Gasteiger partial charge on any atom is -0.399 e. The van der Waals surface area contributed by atoms with E-state index in [1.54, 1.807) is 24.3 Å². The topological polar surface area (TPSA) is 29.3 Å². The van der Waals surface area contributed by atoms with Gasteiger partial charge in [0.15, 0.2) is 0 Å². The SMILES string of the molecule is C=CCN(Cc1cccc(C(F)(F)F)c1)c1cccc(N)c1. The molecule has 0 aliphatic carbocycles. The lowest BCUT2D eigenvalue weighted by atomic mass is 10.1. The largest absolute Gasteiger partial charge is 0.416 e. The Kier molecular flexibility index (Phi) is 4.75. The van der Waals surface area contributed by atoms with Gasteiger partial charge in [-0.2, -0.15) is 13.2 Å². The van der Waals surface area contributed by atoms with Crippen LogP contribution in [0.1, 0.15) is 11.1 Å². The van der Waals surface area contributed by atoms with Crippen LogP contribution in [0.3, 0.4) is 0 Å². The van der Waals surface area contributed by atoms with E-state index < -0.39 is 11.7 Å². The van der Waals surface area contributed by atoms with Crippen molar-refractivity contribution in [1.29, 1.82) is 0 Å². The summed E-state index contributed by atoms with van der Waals surface area (Å²) < 4.78 is 38.3. The van der Waals surface area contributed by atoms with Crippen LogP contribution in [0.5, 0.6) is 0 Å². The van der Waals surface area contributed by atoms with Crippen LogP contribution in [-0.4, -0.2) is 6.54 Å². The zero-order chi connectivity index (χ0) is 16.2. The summed E-state index contributed by atoms with van der Waals surface area (Å²) in [5.41, 5.74) is 7.16. The molecule has 0 amide bonds. The standard InChI is InChI=1S/C17H17F3N2/c1-2-9-22(16-8-4-7-15(21)11-16)12-13-5-3-6-14(10-13)17(18,19)20/h2-8,10-11H,1,9,12,21H2. The third kappa shape index (κ3) is 4.04. The monoisotopic (exact) mass is 306 g/mol. The van der Waals surface area contributed by atoms with Crippen molar-refractivity contribution in [2.24, 2.45) is 0 Å². The summed E-state index contributed by atoms with van der Waals surface area (Å²) in [4.78, 5) is 1.92. The maximum atomic E-state index is 12.8. The van der Waals surface area contributed by atoms with Crippen LogP contribution in [0.25, 0.3) is 0 Å². The van der Waals surface area contributed by atoms with E-state index in [1.807, 2.05) is 17.0 Å². The van der Waals surface area contributed by atoms with Gasteiger partial charge in [0.1, 0.15) is 0 Å².